The number of nitrogens with one attached hydrogen (secondary N) is 2. The van der Waals surface area contributed by atoms with Crippen molar-refractivity contribution in [3.63, 3.8) is 0 Å². The Hall–Kier alpha value is -2.01. The van der Waals surface area contributed by atoms with E-state index in [0.29, 0.717) is 6.61 Å². The second-order valence-electron chi connectivity index (χ2n) is 4.78. The zero-order valence-corrected chi connectivity index (χ0v) is 12.1. The van der Waals surface area contributed by atoms with Crippen molar-refractivity contribution in [2.75, 3.05) is 25.6 Å². The third kappa shape index (κ3) is 3.99. The fraction of sp³-hybridized carbons (Fsp3) is 0.400. The first-order valence-corrected chi connectivity index (χ1v) is 6.74. The average Bonchev–Trinajstić information content (AvgIpc) is 2.88. The van der Waals surface area contributed by atoms with E-state index in [1.54, 1.807) is 7.11 Å². The van der Waals surface area contributed by atoms with Gasteiger partial charge in [0.05, 0.1) is 18.4 Å². The number of benzene rings is 1. The van der Waals surface area contributed by atoms with E-state index in [0.717, 1.165) is 29.4 Å². The summed E-state index contributed by atoms with van der Waals surface area (Å²) in [5.41, 5.74) is 2.05. The van der Waals surface area contributed by atoms with Gasteiger partial charge >= 0.3 is 0 Å². The van der Waals surface area contributed by atoms with Crippen molar-refractivity contribution in [2.45, 2.75) is 20.0 Å². The molecule has 108 valence electrons. The number of aromatic amines is 1. The average molecular weight is 275 g/mol. The number of ether oxygens (including phenoxy) is 2. The SMILES string of the molecule is COCCNc1cc(-c2ccc(OC(C)C)cc2)[nH]n1. The van der Waals surface area contributed by atoms with Gasteiger partial charge in [-0.25, -0.2) is 0 Å². The maximum Gasteiger partial charge on any atom is 0.148 e. The molecule has 2 N–H and O–H groups in total. The van der Waals surface area contributed by atoms with Crippen LogP contribution in [0.4, 0.5) is 5.82 Å². The minimum Gasteiger partial charge on any atom is -0.491 e. The van der Waals surface area contributed by atoms with Crippen LogP contribution in [0, 0.1) is 0 Å². The first-order chi connectivity index (χ1) is 9.69. The standard InChI is InChI=1S/C15H21N3O2/c1-11(2)20-13-6-4-12(5-7-13)14-10-15(18-17-14)16-8-9-19-3/h4-7,10-11H,8-9H2,1-3H3,(H2,16,17,18). The van der Waals surface area contributed by atoms with Crippen LogP contribution in [0.5, 0.6) is 5.75 Å². The minimum atomic E-state index is 0.185. The molecule has 20 heavy (non-hydrogen) atoms. The molecule has 5 nitrogen and oxygen atoms in total. The van der Waals surface area contributed by atoms with Crippen molar-refractivity contribution in [3.05, 3.63) is 30.3 Å². The van der Waals surface area contributed by atoms with Crippen LogP contribution in [0.25, 0.3) is 11.3 Å². The molecular weight excluding hydrogens is 254 g/mol. The fourth-order valence-corrected chi connectivity index (χ4v) is 1.83. The Morgan fingerprint density at radius 1 is 1.25 bits per heavy atom. The predicted molar refractivity (Wildman–Crippen MR) is 80.2 cm³/mol. The molecule has 1 aromatic carbocycles. The van der Waals surface area contributed by atoms with E-state index >= 15 is 0 Å². The van der Waals surface area contributed by atoms with Crippen molar-refractivity contribution in [3.8, 4) is 17.0 Å². The Kier molecular flexibility index (Phi) is 5.01. The van der Waals surface area contributed by atoms with E-state index in [1.807, 2.05) is 44.2 Å². The maximum atomic E-state index is 5.62. The molecule has 0 spiro atoms. The van der Waals surface area contributed by atoms with Gasteiger partial charge in [-0.3, -0.25) is 5.10 Å². The van der Waals surface area contributed by atoms with Crippen LogP contribution in [0.1, 0.15) is 13.8 Å². The van der Waals surface area contributed by atoms with Crippen LogP contribution in [-0.4, -0.2) is 36.6 Å². The lowest BCUT2D eigenvalue weighted by atomic mass is 10.1. The highest BCUT2D eigenvalue weighted by atomic mass is 16.5. The van der Waals surface area contributed by atoms with Gasteiger partial charge in [-0.05, 0) is 43.7 Å². The van der Waals surface area contributed by atoms with Gasteiger partial charge in [0, 0.05) is 19.7 Å². The lowest BCUT2D eigenvalue weighted by Gasteiger charge is -2.09. The highest BCUT2D eigenvalue weighted by molar-refractivity contribution is 5.63. The number of H-pyrrole nitrogens is 1. The summed E-state index contributed by atoms with van der Waals surface area (Å²) in [4.78, 5) is 0. The molecule has 0 aliphatic heterocycles. The number of hydrogen-bond acceptors (Lipinski definition) is 4. The summed E-state index contributed by atoms with van der Waals surface area (Å²) in [6.07, 6.45) is 0.185. The first-order valence-electron chi connectivity index (χ1n) is 6.74. The van der Waals surface area contributed by atoms with Gasteiger partial charge in [0.2, 0.25) is 0 Å². The largest absolute Gasteiger partial charge is 0.491 e. The van der Waals surface area contributed by atoms with E-state index in [2.05, 4.69) is 15.5 Å². The van der Waals surface area contributed by atoms with E-state index in [9.17, 15) is 0 Å². The van der Waals surface area contributed by atoms with Gasteiger partial charge < -0.3 is 14.8 Å². The molecule has 5 heteroatoms. The van der Waals surface area contributed by atoms with Gasteiger partial charge in [-0.1, -0.05) is 0 Å². The third-order valence-electron chi connectivity index (χ3n) is 2.73. The number of rotatable bonds is 7. The molecule has 2 aromatic rings. The number of nitrogens with zero attached hydrogens (tertiary/aromatic N) is 1. The Bertz CT molecular complexity index is 520. The Balaban J connectivity index is 2.00. The third-order valence-corrected chi connectivity index (χ3v) is 2.73. The molecule has 0 saturated carbocycles. The number of aromatic nitrogens is 2. The molecule has 0 aliphatic carbocycles. The summed E-state index contributed by atoms with van der Waals surface area (Å²) in [5.74, 6) is 1.70. The summed E-state index contributed by atoms with van der Waals surface area (Å²) >= 11 is 0. The van der Waals surface area contributed by atoms with E-state index in [1.165, 1.54) is 0 Å². The smallest absolute Gasteiger partial charge is 0.148 e. The lowest BCUT2D eigenvalue weighted by Crippen LogP contribution is -2.07. The zero-order valence-electron chi connectivity index (χ0n) is 12.1. The Labute approximate surface area is 119 Å². The number of anilines is 1. The van der Waals surface area contributed by atoms with Gasteiger partial charge in [-0.15, -0.1) is 0 Å². The van der Waals surface area contributed by atoms with Crippen molar-refractivity contribution < 1.29 is 9.47 Å². The molecule has 0 atom stereocenters. The van der Waals surface area contributed by atoms with Gasteiger partial charge in [0.25, 0.3) is 0 Å². The zero-order chi connectivity index (χ0) is 14.4. The van der Waals surface area contributed by atoms with Crippen LogP contribution >= 0.6 is 0 Å². The highest BCUT2D eigenvalue weighted by Gasteiger charge is 2.04. The summed E-state index contributed by atoms with van der Waals surface area (Å²) < 4.78 is 10.6. The van der Waals surface area contributed by atoms with Crippen molar-refractivity contribution in [2.24, 2.45) is 0 Å². The molecule has 2 rings (SSSR count). The number of hydrogen-bond donors (Lipinski definition) is 2. The molecule has 1 heterocycles. The Morgan fingerprint density at radius 2 is 2.00 bits per heavy atom. The molecule has 0 unspecified atom stereocenters. The molecule has 0 saturated heterocycles. The van der Waals surface area contributed by atoms with E-state index in [-0.39, 0.29) is 6.10 Å². The van der Waals surface area contributed by atoms with Crippen molar-refractivity contribution in [1.82, 2.24) is 10.2 Å². The van der Waals surface area contributed by atoms with Crippen LogP contribution in [0.2, 0.25) is 0 Å². The second kappa shape index (κ2) is 6.96. The lowest BCUT2D eigenvalue weighted by molar-refractivity contribution is 0.210. The summed E-state index contributed by atoms with van der Waals surface area (Å²) in [5, 5.41) is 10.4. The van der Waals surface area contributed by atoms with Crippen molar-refractivity contribution in [1.29, 1.82) is 0 Å². The molecule has 0 bridgehead atoms. The van der Waals surface area contributed by atoms with Gasteiger partial charge in [-0.2, -0.15) is 5.10 Å². The normalized spacial score (nSPS) is 10.8. The summed E-state index contributed by atoms with van der Waals surface area (Å²) in [6.45, 7) is 5.42. The molecule has 0 radical (unpaired) electrons. The van der Waals surface area contributed by atoms with E-state index in [4.69, 9.17) is 9.47 Å². The van der Waals surface area contributed by atoms with Crippen LogP contribution < -0.4 is 10.1 Å². The molecule has 1 aromatic heterocycles. The second-order valence-corrected chi connectivity index (χ2v) is 4.78. The molecule has 0 amide bonds. The van der Waals surface area contributed by atoms with Gasteiger partial charge in [0.15, 0.2) is 0 Å². The quantitative estimate of drug-likeness (QED) is 0.763. The molecule has 0 fully saturated rings. The maximum absolute atomic E-state index is 5.62. The predicted octanol–water partition coefficient (Wildman–Crippen LogP) is 2.92. The molecular formula is C15H21N3O2. The van der Waals surface area contributed by atoms with Crippen LogP contribution in [0.15, 0.2) is 30.3 Å². The fourth-order valence-electron chi connectivity index (χ4n) is 1.83. The first kappa shape index (κ1) is 14.4. The number of methoxy groups -OCH3 is 1. The summed E-state index contributed by atoms with van der Waals surface area (Å²) in [6, 6.07) is 9.95. The monoisotopic (exact) mass is 275 g/mol. The van der Waals surface area contributed by atoms with Crippen LogP contribution in [-0.2, 0) is 4.74 Å². The van der Waals surface area contributed by atoms with E-state index < -0.39 is 0 Å². The Morgan fingerprint density at radius 3 is 2.65 bits per heavy atom. The molecule has 0 aliphatic rings. The van der Waals surface area contributed by atoms with Crippen molar-refractivity contribution >= 4 is 5.82 Å². The van der Waals surface area contributed by atoms with Crippen LogP contribution in [0.3, 0.4) is 0 Å². The highest BCUT2D eigenvalue weighted by Crippen LogP contribution is 2.23. The minimum absolute atomic E-state index is 0.185. The van der Waals surface area contributed by atoms with Gasteiger partial charge in [0.1, 0.15) is 11.6 Å². The summed E-state index contributed by atoms with van der Waals surface area (Å²) in [7, 11) is 1.68. The topological polar surface area (TPSA) is 59.2 Å².